The maximum atomic E-state index is 12.0. The van der Waals surface area contributed by atoms with Gasteiger partial charge in [-0.05, 0) is 48.7 Å². The lowest BCUT2D eigenvalue weighted by molar-refractivity contribution is -0.113. The molecule has 0 spiro atoms. The molecule has 3 nitrogen and oxygen atoms in total. The summed E-state index contributed by atoms with van der Waals surface area (Å²) in [5, 5.41) is 2.90. The van der Waals surface area contributed by atoms with Gasteiger partial charge in [0.05, 0.1) is 5.75 Å². The molecule has 0 saturated carbocycles. The average molecular weight is 300 g/mol. The fourth-order valence-corrected chi connectivity index (χ4v) is 2.79. The first-order valence-corrected chi connectivity index (χ1v) is 7.94. The molecule has 2 aromatic rings. The number of nitrogen functional groups attached to an aromatic ring is 1. The fourth-order valence-electron chi connectivity index (χ4n) is 1.93. The summed E-state index contributed by atoms with van der Waals surface area (Å²) in [7, 11) is 0. The number of anilines is 2. The monoisotopic (exact) mass is 300 g/mol. The van der Waals surface area contributed by atoms with E-state index in [1.165, 1.54) is 17.3 Å². The van der Waals surface area contributed by atoms with Crippen molar-refractivity contribution in [3.05, 3.63) is 53.6 Å². The van der Waals surface area contributed by atoms with Crippen LogP contribution in [0.3, 0.4) is 0 Å². The Bertz CT molecular complexity index is 623. The van der Waals surface area contributed by atoms with Crippen molar-refractivity contribution >= 4 is 29.0 Å². The highest BCUT2D eigenvalue weighted by atomic mass is 32.2. The van der Waals surface area contributed by atoms with Crippen LogP contribution < -0.4 is 11.1 Å². The van der Waals surface area contributed by atoms with E-state index in [4.69, 9.17) is 5.73 Å². The molecule has 0 saturated heterocycles. The summed E-state index contributed by atoms with van der Waals surface area (Å²) >= 11 is 1.46. The lowest BCUT2D eigenvalue weighted by Gasteiger charge is -2.08. The Morgan fingerprint density at radius 2 is 1.90 bits per heavy atom. The van der Waals surface area contributed by atoms with E-state index >= 15 is 0 Å². The van der Waals surface area contributed by atoms with Gasteiger partial charge >= 0.3 is 0 Å². The van der Waals surface area contributed by atoms with E-state index in [2.05, 4.69) is 12.2 Å². The van der Waals surface area contributed by atoms with Crippen molar-refractivity contribution in [3.63, 3.8) is 0 Å². The number of hydrogen-bond donors (Lipinski definition) is 2. The summed E-state index contributed by atoms with van der Waals surface area (Å²) < 4.78 is 0. The highest BCUT2D eigenvalue weighted by Crippen LogP contribution is 2.26. The standard InChI is InChI=1S/C17H20N2OS/c1-3-13-5-7-14(8-6-13)19-17(20)11-21-16-10-12(2)4-9-15(16)18/h4-10H,3,11,18H2,1-2H3,(H,19,20). The minimum Gasteiger partial charge on any atom is -0.398 e. The zero-order valence-corrected chi connectivity index (χ0v) is 13.2. The SMILES string of the molecule is CCc1ccc(NC(=O)CSc2cc(C)ccc2N)cc1. The number of rotatable bonds is 5. The summed E-state index contributed by atoms with van der Waals surface area (Å²) in [6.45, 7) is 4.12. The fraction of sp³-hybridized carbons (Fsp3) is 0.235. The van der Waals surface area contributed by atoms with E-state index in [-0.39, 0.29) is 5.91 Å². The average Bonchev–Trinajstić information content (AvgIpc) is 2.49. The second-order valence-corrected chi connectivity index (χ2v) is 5.95. The highest BCUT2D eigenvalue weighted by molar-refractivity contribution is 8.00. The lowest BCUT2D eigenvalue weighted by Crippen LogP contribution is -2.14. The summed E-state index contributed by atoms with van der Waals surface area (Å²) in [4.78, 5) is 12.9. The van der Waals surface area contributed by atoms with Crippen molar-refractivity contribution in [2.24, 2.45) is 0 Å². The van der Waals surface area contributed by atoms with Crippen LogP contribution in [0.25, 0.3) is 0 Å². The number of thioether (sulfide) groups is 1. The van der Waals surface area contributed by atoms with E-state index < -0.39 is 0 Å². The van der Waals surface area contributed by atoms with E-state index in [1.807, 2.05) is 49.4 Å². The van der Waals surface area contributed by atoms with E-state index in [0.29, 0.717) is 11.4 Å². The molecule has 0 unspecified atom stereocenters. The molecule has 110 valence electrons. The van der Waals surface area contributed by atoms with Gasteiger partial charge in [0.15, 0.2) is 0 Å². The molecule has 0 atom stereocenters. The normalized spacial score (nSPS) is 10.4. The largest absolute Gasteiger partial charge is 0.398 e. The van der Waals surface area contributed by atoms with Crippen LogP contribution in [-0.4, -0.2) is 11.7 Å². The minimum absolute atomic E-state index is 0.0230. The number of hydrogen-bond acceptors (Lipinski definition) is 3. The highest BCUT2D eigenvalue weighted by Gasteiger charge is 2.06. The van der Waals surface area contributed by atoms with Crippen molar-refractivity contribution < 1.29 is 4.79 Å². The van der Waals surface area contributed by atoms with Gasteiger partial charge < -0.3 is 11.1 Å². The van der Waals surface area contributed by atoms with Crippen LogP contribution in [0, 0.1) is 6.92 Å². The smallest absolute Gasteiger partial charge is 0.234 e. The molecule has 2 rings (SSSR count). The van der Waals surface area contributed by atoms with Gasteiger partial charge in [-0.1, -0.05) is 25.1 Å². The molecule has 0 aromatic heterocycles. The summed E-state index contributed by atoms with van der Waals surface area (Å²) in [5.74, 6) is 0.327. The van der Waals surface area contributed by atoms with E-state index in [9.17, 15) is 4.79 Å². The van der Waals surface area contributed by atoms with Crippen LogP contribution in [-0.2, 0) is 11.2 Å². The first-order chi connectivity index (χ1) is 10.1. The quantitative estimate of drug-likeness (QED) is 0.651. The predicted molar refractivity (Wildman–Crippen MR) is 90.8 cm³/mol. The van der Waals surface area contributed by atoms with Crippen molar-refractivity contribution in [3.8, 4) is 0 Å². The number of carbonyl (C=O) groups is 1. The Kier molecular flexibility index (Phi) is 5.28. The van der Waals surface area contributed by atoms with Crippen LogP contribution >= 0.6 is 11.8 Å². The van der Waals surface area contributed by atoms with Crippen LogP contribution in [0.1, 0.15) is 18.1 Å². The van der Waals surface area contributed by atoms with Crippen molar-refractivity contribution in [2.75, 3.05) is 16.8 Å². The molecular weight excluding hydrogens is 280 g/mol. The van der Waals surface area contributed by atoms with Gasteiger partial charge in [-0.2, -0.15) is 0 Å². The van der Waals surface area contributed by atoms with Crippen molar-refractivity contribution in [2.45, 2.75) is 25.2 Å². The van der Waals surface area contributed by atoms with Crippen molar-refractivity contribution in [1.82, 2.24) is 0 Å². The van der Waals surface area contributed by atoms with Gasteiger partial charge in [0, 0.05) is 16.3 Å². The number of nitrogens with one attached hydrogen (secondary N) is 1. The van der Waals surface area contributed by atoms with Gasteiger partial charge in [0.2, 0.25) is 5.91 Å². The maximum Gasteiger partial charge on any atom is 0.234 e. The molecule has 2 aromatic carbocycles. The molecule has 0 heterocycles. The number of benzene rings is 2. The number of carbonyl (C=O) groups excluding carboxylic acids is 1. The predicted octanol–water partition coefficient (Wildman–Crippen LogP) is 3.87. The Balaban J connectivity index is 1.91. The number of aryl methyl sites for hydroxylation is 2. The zero-order valence-electron chi connectivity index (χ0n) is 12.3. The third-order valence-electron chi connectivity index (χ3n) is 3.17. The first kappa shape index (κ1) is 15.4. The second kappa shape index (κ2) is 7.18. The van der Waals surface area contributed by atoms with Crippen LogP contribution in [0.15, 0.2) is 47.4 Å². The van der Waals surface area contributed by atoms with Gasteiger partial charge in [0.1, 0.15) is 0 Å². The van der Waals surface area contributed by atoms with Gasteiger partial charge in [-0.25, -0.2) is 0 Å². The zero-order chi connectivity index (χ0) is 15.2. The Morgan fingerprint density at radius 3 is 2.57 bits per heavy atom. The Morgan fingerprint density at radius 1 is 1.19 bits per heavy atom. The van der Waals surface area contributed by atoms with Gasteiger partial charge in [-0.15, -0.1) is 11.8 Å². The first-order valence-electron chi connectivity index (χ1n) is 6.96. The molecule has 0 radical (unpaired) electrons. The van der Waals surface area contributed by atoms with Crippen LogP contribution in [0.5, 0.6) is 0 Å². The molecular formula is C17H20N2OS. The molecule has 0 bridgehead atoms. The lowest BCUT2D eigenvalue weighted by atomic mass is 10.1. The van der Waals surface area contributed by atoms with Gasteiger partial charge in [0.25, 0.3) is 0 Å². The maximum absolute atomic E-state index is 12.0. The Labute approximate surface area is 129 Å². The van der Waals surface area contributed by atoms with Crippen LogP contribution in [0.4, 0.5) is 11.4 Å². The molecule has 1 amide bonds. The topological polar surface area (TPSA) is 55.1 Å². The minimum atomic E-state index is -0.0230. The molecule has 4 heteroatoms. The third kappa shape index (κ3) is 4.53. The molecule has 0 aliphatic rings. The van der Waals surface area contributed by atoms with E-state index in [0.717, 1.165) is 22.6 Å². The van der Waals surface area contributed by atoms with Gasteiger partial charge in [-0.3, -0.25) is 4.79 Å². The molecule has 0 aliphatic heterocycles. The van der Waals surface area contributed by atoms with Crippen molar-refractivity contribution in [1.29, 1.82) is 0 Å². The summed E-state index contributed by atoms with van der Waals surface area (Å²) in [6, 6.07) is 13.8. The molecule has 0 fully saturated rings. The summed E-state index contributed by atoms with van der Waals surface area (Å²) in [5.41, 5.74) is 9.85. The molecule has 21 heavy (non-hydrogen) atoms. The van der Waals surface area contributed by atoms with E-state index in [1.54, 1.807) is 0 Å². The summed E-state index contributed by atoms with van der Waals surface area (Å²) in [6.07, 6.45) is 0.997. The second-order valence-electron chi connectivity index (χ2n) is 4.93. The van der Waals surface area contributed by atoms with Crippen LogP contribution in [0.2, 0.25) is 0 Å². The molecule has 3 N–H and O–H groups in total. The number of amides is 1. The Hall–Kier alpha value is -1.94. The molecule has 0 aliphatic carbocycles. The number of nitrogens with two attached hydrogens (primary N) is 1. The third-order valence-corrected chi connectivity index (χ3v) is 4.24.